The third kappa shape index (κ3) is 5.08. The molecule has 1 rings (SSSR count). The predicted molar refractivity (Wildman–Crippen MR) is 76.1 cm³/mol. The van der Waals surface area contributed by atoms with Crippen LogP contribution in [-0.4, -0.2) is 17.4 Å². The van der Waals surface area contributed by atoms with Gasteiger partial charge >= 0.3 is 5.97 Å². The zero-order valence-electron chi connectivity index (χ0n) is 11.4. The fourth-order valence-corrected chi connectivity index (χ4v) is 1.67. The molecule has 0 saturated carbocycles. The first kappa shape index (κ1) is 15.2. The summed E-state index contributed by atoms with van der Waals surface area (Å²) in [6, 6.07) is 7.34. The Morgan fingerprint density at radius 2 is 1.79 bits per heavy atom. The Kier molecular flexibility index (Phi) is 5.49. The van der Waals surface area contributed by atoms with E-state index in [1.165, 1.54) is 0 Å². The van der Waals surface area contributed by atoms with E-state index in [2.05, 4.69) is 0 Å². The average molecular weight is 260 g/mol. The van der Waals surface area contributed by atoms with Gasteiger partial charge in [-0.25, -0.2) is 0 Å². The molecule has 1 aromatic carbocycles. The minimum Gasteiger partial charge on any atom is -0.481 e. The van der Waals surface area contributed by atoms with Crippen LogP contribution in [0.15, 0.2) is 30.3 Å². The molecule has 0 aliphatic rings. The zero-order chi connectivity index (χ0) is 14.3. The van der Waals surface area contributed by atoms with E-state index >= 15 is 0 Å². The molecule has 0 heterocycles. The van der Waals surface area contributed by atoms with Crippen LogP contribution in [-0.2, 0) is 4.79 Å². The molecule has 0 aromatic heterocycles. The summed E-state index contributed by atoms with van der Waals surface area (Å²) in [4.78, 5) is 21.4. The largest absolute Gasteiger partial charge is 0.481 e. The average Bonchev–Trinajstić information content (AvgIpc) is 2.38. The fourth-order valence-electron chi connectivity index (χ4n) is 1.67. The van der Waals surface area contributed by atoms with Crippen LogP contribution in [0.5, 0.6) is 0 Å². The lowest BCUT2D eigenvalue weighted by atomic mass is 9.87. The molecule has 1 aromatic rings. The van der Waals surface area contributed by atoms with Crippen molar-refractivity contribution in [1.29, 1.82) is 0 Å². The maximum atomic E-state index is 10.9. The Bertz CT molecular complexity index is 455. The lowest BCUT2D eigenvalue weighted by molar-refractivity contribution is -0.147. The summed E-state index contributed by atoms with van der Waals surface area (Å²) in [5.41, 5.74) is 1.06. The first-order chi connectivity index (χ1) is 8.95. The maximum Gasteiger partial charge on any atom is 0.309 e. The molecule has 0 aliphatic carbocycles. The number of carboxylic acids is 1. The van der Waals surface area contributed by atoms with Crippen LogP contribution in [0.3, 0.4) is 0 Å². The van der Waals surface area contributed by atoms with E-state index in [0.717, 1.165) is 24.7 Å². The molecule has 0 fully saturated rings. The highest BCUT2D eigenvalue weighted by atomic mass is 16.4. The number of hydrogen-bond donors (Lipinski definition) is 1. The number of aliphatic carboxylic acids is 1. The Morgan fingerprint density at radius 1 is 1.21 bits per heavy atom. The molecule has 0 atom stereocenters. The highest BCUT2D eigenvalue weighted by Gasteiger charge is 2.25. The lowest BCUT2D eigenvalue weighted by Crippen LogP contribution is -2.23. The summed E-state index contributed by atoms with van der Waals surface area (Å²) in [6.45, 7) is 3.49. The van der Waals surface area contributed by atoms with Gasteiger partial charge in [-0.3, -0.25) is 9.59 Å². The molecule has 19 heavy (non-hydrogen) atoms. The third-order valence-electron chi connectivity index (χ3n) is 3.13. The minimum atomic E-state index is -0.749. The Hall–Kier alpha value is -1.90. The summed E-state index contributed by atoms with van der Waals surface area (Å²) in [5, 5.41) is 8.98. The van der Waals surface area contributed by atoms with Crippen molar-refractivity contribution in [2.45, 2.75) is 33.1 Å². The monoisotopic (exact) mass is 260 g/mol. The Balaban J connectivity index is 2.38. The van der Waals surface area contributed by atoms with Gasteiger partial charge in [-0.2, -0.15) is 0 Å². The van der Waals surface area contributed by atoms with E-state index < -0.39 is 11.4 Å². The first-order valence-electron chi connectivity index (χ1n) is 6.41. The first-order valence-corrected chi connectivity index (χ1v) is 6.41. The molecule has 0 spiro atoms. The molecule has 1 N–H and O–H groups in total. The van der Waals surface area contributed by atoms with Gasteiger partial charge in [-0.05, 0) is 38.7 Å². The third-order valence-corrected chi connectivity index (χ3v) is 3.13. The van der Waals surface area contributed by atoms with Crippen LogP contribution in [0.4, 0.5) is 0 Å². The number of aldehydes is 1. The molecule has 3 nitrogen and oxygen atoms in total. The van der Waals surface area contributed by atoms with Crippen molar-refractivity contribution in [1.82, 2.24) is 0 Å². The van der Waals surface area contributed by atoms with Crippen molar-refractivity contribution < 1.29 is 14.7 Å². The number of carbonyl (C=O) groups excluding carboxylic acids is 1. The fraction of sp³-hybridized carbons (Fsp3) is 0.375. The maximum absolute atomic E-state index is 10.9. The lowest BCUT2D eigenvalue weighted by Gasteiger charge is -2.17. The van der Waals surface area contributed by atoms with Gasteiger partial charge in [0, 0.05) is 5.56 Å². The van der Waals surface area contributed by atoms with Crippen LogP contribution in [0.2, 0.25) is 0 Å². The van der Waals surface area contributed by atoms with Gasteiger partial charge in [0.15, 0.2) is 0 Å². The Labute approximate surface area is 114 Å². The van der Waals surface area contributed by atoms with Gasteiger partial charge in [0.2, 0.25) is 0 Å². The van der Waals surface area contributed by atoms with Crippen molar-refractivity contribution in [3.8, 4) is 0 Å². The second kappa shape index (κ2) is 6.88. The zero-order valence-corrected chi connectivity index (χ0v) is 11.4. The van der Waals surface area contributed by atoms with Crippen LogP contribution in [0.25, 0.3) is 6.08 Å². The highest BCUT2D eigenvalue weighted by molar-refractivity contribution is 5.75. The van der Waals surface area contributed by atoms with Crippen LogP contribution in [0.1, 0.15) is 49.0 Å². The minimum absolute atomic E-state index is 0.653. The number of carboxylic acid groups (broad SMARTS) is 1. The molecule has 0 saturated heterocycles. The Morgan fingerprint density at radius 3 is 2.32 bits per heavy atom. The number of hydrogen-bond acceptors (Lipinski definition) is 2. The SMILES string of the molecule is CC(C)(CCC/C=C/c1ccc(C=O)cc1)C(=O)O. The number of rotatable bonds is 7. The van der Waals surface area contributed by atoms with Crippen molar-refractivity contribution in [2.24, 2.45) is 5.41 Å². The highest BCUT2D eigenvalue weighted by Crippen LogP contribution is 2.23. The van der Waals surface area contributed by atoms with Crippen molar-refractivity contribution in [3.05, 3.63) is 41.5 Å². The van der Waals surface area contributed by atoms with Gasteiger partial charge in [0.25, 0.3) is 0 Å². The van der Waals surface area contributed by atoms with Gasteiger partial charge in [0.1, 0.15) is 6.29 Å². The van der Waals surface area contributed by atoms with E-state index in [0.29, 0.717) is 12.0 Å². The van der Waals surface area contributed by atoms with E-state index in [-0.39, 0.29) is 0 Å². The van der Waals surface area contributed by atoms with Crippen LogP contribution < -0.4 is 0 Å². The van der Waals surface area contributed by atoms with Crippen LogP contribution >= 0.6 is 0 Å². The summed E-state index contributed by atoms with van der Waals surface area (Å²) in [7, 11) is 0. The van der Waals surface area contributed by atoms with E-state index in [9.17, 15) is 9.59 Å². The standard InChI is InChI=1S/C16H20O3/c1-16(2,15(18)19)11-5-3-4-6-13-7-9-14(12-17)10-8-13/h4,6-10,12H,3,5,11H2,1-2H3,(H,18,19)/b6-4+. The van der Waals surface area contributed by atoms with Gasteiger partial charge < -0.3 is 5.11 Å². The van der Waals surface area contributed by atoms with Crippen LogP contribution in [0, 0.1) is 5.41 Å². The van der Waals surface area contributed by atoms with E-state index in [1.54, 1.807) is 26.0 Å². The summed E-state index contributed by atoms with van der Waals surface area (Å²) in [5.74, 6) is -0.749. The smallest absolute Gasteiger partial charge is 0.309 e. The number of unbranched alkanes of at least 4 members (excludes halogenated alkanes) is 1. The summed E-state index contributed by atoms with van der Waals surface area (Å²) < 4.78 is 0. The molecular weight excluding hydrogens is 240 g/mol. The number of carbonyl (C=O) groups is 2. The quantitative estimate of drug-likeness (QED) is 0.599. The molecule has 0 amide bonds. The number of allylic oxidation sites excluding steroid dienone is 1. The molecule has 102 valence electrons. The van der Waals surface area contributed by atoms with Gasteiger partial charge in [0.05, 0.1) is 5.41 Å². The predicted octanol–water partition coefficient (Wildman–Crippen LogP) is 3.79. The van der Waals surface area contributed by atoms with E-state index in [4.69, 9.17) is 5.11 Å². The molecule has 3 heteroatoms. The molecular formula is C16H20O3. The van der Waals surface area contributed by atoms with Crippen molar-refractivity contribution in [2.75, 3.05) is 0 Å². The van der Waals surface area contributed by atoms with Crippen molar-refractivity contribution >= 4 is 18.3 Å². The summed E-state index contributed by atoms with van der Waals surface area (Å²) >= 11 is 0. The second-order valence-corrected chi connectivity index (χ2v) is 5.27. The van der Waals surface area contributed by atoms with Gasteiger partial charge in [-0.15, -0.1) is 0 Å². The molecule has 0 bridgehead atoms. The second-order valence-electron chi connectivity index (χ2n) is 5.27. The topological polar surface area (TPSA) is 54.4 Å². The molecule has 0 aliphatic heterocycles. The molecule has 0 radical (unpaired) electrons. The molecule has 0 unspecified atom stereocenters. The summed E-state index contributed by atoms with van der Waals surface area (Å²) in [6.07, 6.45) is 7.21. The normalized spacial score (nSPS) is 11.7. The van der Waals surface area contributed by atoms with E-state index in [1.807, 2.05) is 24.3 Å². The number of benzene rings is 1. The van der Waals surface area contributed by atoms with Crippen molar-refractivity contribution in [3.63, 3.8) is 0 Å². The van der Waals surface area contributed by atoms with Gasteiger partial charge in [-0.1, -0.05) is 36.4 Å².